The van der Waals surface area contributed by atoms with Gasteiger partial charge in [0.15, 0.2) is 0 Å². The van der Waals surface area contributed by atoms with E-state index in [0.717, 1.165) is 24.6 Å². The minimum atomic E-state index is 0.862. The molecule has 0 radical (unpaired) electrons. The Kier molecular flexibility index (Phi) is 3.72. The van der Waals surface area contributed by atoms with Crippen molar-refractivity contribution in [2.24, 2.45) is 7.05 Å². The summed E-state index contributed by atoms with van der Waals surface area (Å²) in [6.45, 7) is 3.77. The number of furan rings is 1. The van der Waals surface area contributed by atoms with Crippen molar-refractivity contribution in [1.82, 2.24) is 14.7 Å². The van der Waals surface area contributed by atoms with E-state index in [2.05, 4.69) is 22.4 Å². The van der Waals surface area contributed by atoms with Gasteiger partial charge in [0.2, 0.25) is 0 Å². The first kappa shape index (κ1) is 12.7. The molecule has 0 unspecified atom stereocenters. The van der Waals surface area contributed by atoms with Crippen molar-refractivity contribution in [1.29, 1.82) is 0 Å². The van der Waals surface area contributed by atoms with Gasteiger partial charge in [0.05, 0.1) is 18.2 Å². The van der Waals surface area contributed by atoms with Crippen LogP contribution in [0.3, 0.4) is 0 Å². The third-order valence-corrected chi connectivity index (χ3v) is 3.04. The second kappa shape index (κ2) is 5.27. The standard InChI is InChI=1S/C13H20N4O/c1-10-12(13(14-2)17(4)15-10)8-16(3)7-11-5-6-18-9-11/h5-6,9,14H,7-8H2,1-4H3. The lowest BCUT2D eigenvalue weighted by atomic mass is 10.2. The first-order valence-electron chi connectivity index (χ1n) is 6.01. The fraction of sp³-hybridized carbons (Fsp3) is 0.462. The van der Waals surface area contributed by atoms with Crippen LogP contribution in [0, 0.1) is 6.92 Å². The average Bonchev–Trinajstić information content (AvgIpc) is 2.89. The summed E-state index contributed by atoms with van der Waals surface area (Å²) >= 11 is 0. The van der Waals surface area contributed by atoms with Crippen LogP contribution in [0.2, 0.25) is 0 Å². The van der Waals surface area contributed by atoms with Gasteiger partial charge in [-0.15, -0.1) is 0 Å². The third kappa shape index (κ3) is 2.56. The minimum Gasteiger partial charge on any atom is -0.472 e. The molecule has 0 aliphatic heterocycles. The molecule has 5 heteroatoms. The predicted octanol–water partition coefficient (Wildman–Crippen LogP) is 2.00. The van der Waals surface area contributed by atoms with Crippen molar-refractivity contribution in [2.45, 2.75) is 20.0 Å². The van der Waals surface area contributed by atoms with Crippen molar-refractivity contribution >= 4 is 5.82 Å². The quantitative estimate of drug-likeness (QED) is 0.879. The van der Waals surface area contributed by atoms with Crippen molar-refractivity contribution < 1.29 is 4.42 Å². The van der Waals surface area contributed by atoms with E-state index in [9.17, 15) is 0 Å². The molecule has 5 nitrogen and oxygen atoms in total. The summed E-state index contributed by atoms with van der Waals surface area (Å²) in [5.41, 5.74) is 3.50. The number of hydrogen-bond acceptors (Lipinski definition) is 4. The van der Waals surface area contributed by atoms with E-state index in [1.165, 1.54) is 11.1 Å². The summed E-state index contributed by atoms with van der Waals surface area (Å²) in [4.78, 5) is 2.25. The Hall–Kier alpha value is -1.75. The van der Waals surface area contributed by atoms with Gasteiger partial charge in [-0.2, -0.15) is 5.10 Å². The van der Waals surface area contributed by atoms with Crippen LogP contribution in [0.1, 0.15) is 16.8 Å². The Morgan fingerprint density at radius 2 is 2.22 bits per heavy atom. The van der Waals surface area contributed by atoms with Gasteiger partial charge >= 0.3 is 0 Å². The van der Waals surface area contributed by atoms with Crippen molar-refractivity contribution in [3.63, 3.8) is 0 Å². The highest BCUT2D eigenvalue weighted by atomic mass is 16.3. The van der Waals surface area contributed by atoms with E-state index < -0.39 is 0 Å². The van der Waals surface area contributed by atoms with E-state index in [1.807, 2.05) is 31.8 Å². The number of aromatic nitrogens is 2. The second-order valence-corrected chi connectivity index (χ2v) is 4.59. The monoisotopic (exact) mass is 248 g/mol. The maximum absolute atomic E-state index is 5.08. The third-order valence-electron chi connectivity index (χ3n) is 3.04. The highest BCUT2D eigenvalue weighted by molar-refractivity contribution is 5.46. The topological polar surface area (TPSA) is 46.2 Å². The molecule has 0 fully saturated rings. The minimum absolute atomic E-state index is 0.862. The van der Waals surface area contributed by atoms with Gasteiger partial charge < -0.3 is 9.73 Å². The maximum atomic E-state index is 5.08. The zero-order valence-corrected chi connectivity index (χ0v) is 11.4. The van der Waals surface area contributed by atoms with Crippen molar-refractivity contribution in [2.75, 3.05) is 19.4 Å². The molecule has 98 valence electrons. The van der Waals surface area contributed by atoms with E-state index >= 15 is 0 Å². The van der Waals surface area contributed by atoms with Gasteiger partial charge in [-0.1, -0.05) is 0 Å². The zero-order chi connectivity index (χ0) is 13.1. The normalized spacial score (nSPS) is 11.2. The fourth-order valence-electron chi connectivity index (χ4n) is 2.22. The molecule has 2 heterocycles. The summed E-state index contributed by atoms with van der Waals surface area (Å²) in [5, 5.41) is 7.65. The molecule has 18 heavy (non-hydrogen) atoms. The molecule has 2 aromatic heterocycles. The highest BCUT2D eigenvalue weighted by Gasteiger charge is 2.14. The molecule has 0 bridgehead atoms. The molecule has 0 spiro atoms. The summed E-state index contributed by atoms with van der Waals surface area (Å²) in [6, 6.07) is 1.99. The summed E-state index contributed by atoms with van der Waals surface area (Å²) in [5.74, 6) is 1.08. The molecule has 2 rings (SSSR count). The highest BCUT2D eigenvalue weighted by Crippen LogP contribution is 2.20. The molecule has 0 aliphatic carbocycles. The van der Waals surface area contributed by atoms with E-state index in [0.29, 0.717) is 0 Å². The van der Waals surface area contributed by atoms with Crippen LogP contribution in [0.5, 0.6) is 0 Å². The van der Waals surface area contributed by atoms with E-state index in [4.69, 9.17) is 4.42 Å². The Bertz CT molecular complexity index is 501. The zero-order valence-electron chi connectivity index (χ0n) is 11.4. The lowest BCUT2D eigenvalue weighted by Gasteiger charge is -2.16. The number of nitrogens with one attached hydrogen (secondary N) is 1. The van der Waals surface area contributed by atoms with Crippen LogP contribution < -0.4 is 5.32 Å². The number of nitrogens with zero attached hydrogens (tertiary/aromatic N) is 3. The van der Waals surface area contributed by atoms with Crippen LogP contribution in [0.4, 0.5) is 5.82 Å². The SMILES string of the molecule is CNc1c(CN(C)Cc2ccoc2)c(C)nn1C. The summed E-state index contributed by atoms with van der Waals surface area (Å²) in [6.07, 6.45) is 3.49. The van der Waals surface area contributed by atoms with Gasteiger partial charge in [0.25, 0.3) is 0 Å². The van der Waals surface area contributed by atoms with Crippen LogP contribution in [-0.4, -0.2) is 28.8 Å². The first-order valence-corrected chi connectivity index (χ1v) is 6.01. The number of anilines is 1. The molecule has 0 saturated carbocycles. The van der Waals surface area contributed by atoms with Crippen LogP contribution >= 0.6 is 0 Å². The van der Waals surface area contributed by atoms with Crippen LogP contribution in [-0.2, 0) is 20.1 Å². The van der Waals surface area contributed by atoms with Gasteiger partial charge in [-0.05, 0) is 20.0 Å². The van der Waals surface area contributed by atoms with Gasteiger partial charge in [-0.25, -0.2) is 0 Å². The molecule has 1 N–H and O–H groups in total. The lowest BCUT2D eigenvalue weighted by molar-refractivity contribution is 0.317. The molecule has 0 atom stereocenters. The molecular weight excluding hydrogens is 228 g/mol. The average molecular weight is 248 g/mol. The van der Waals surface area contributed by atoms with E-state index in [1.54, 1.807) is 12.5 Å². The Morgan fingerprint density at radius 3 is 2.83 bits per heavy atom. The maximum Gasteiger partial charge on any atom is 0.128 e. The Labute approximate surface area is 107 Å². The van der Waals surface area contributed by atoms with Crippen LogP contribution in [0.25, 0.3) is 0 Å². The predicted molar refractivity (Wildman–Crippen MR) is 71.4 cm³/mol. The van der Waals surface area contributed by atoms with Crippen molar-refractivity contribution in [3.8, 4) is 0 Å². The Balaban J connectivity index is 2.09. The number of aryl methyl sites for hydroxylation is 2. The van der Waals surface area contributed by atoms with Gasteiger partial charge in [0, 0.05) is 38.3 Å². The smallest absolute Gasteiger partial charge is 0.128 e. The molecule has 2 aromatic rings. The molecule has 0 aromatic carbocycles. The van der Waals surface area contributed by atoms with Crippen LogP contribution in [0.15, 0.2) is 23.0 Å². The van der Waals surface area contributed by atoms with Gasteiger partial charge in [-0.3, -0.25) is 9.58 Å². The van der Waals surface area contributed by atoms with E-state index in [-0.39, 0.29) is 0 Å². The molecular formula is C13H20N4O. The van der Waals surface area contributed by atoms with Gasteiger partial charge in [0.1, 0.15) is 5.82 Å². The first-order chi connectivity index (χ1) is 8.61. The number of rotatable bonds is 5. The largest absolute Gasteiger partial charge is 0.472 e. The fourth-order valence-corrected chi connectivity index (χ4v) is 2.22. The number of hydrogen-bond donors (Lipinski definition) is 1. The lowest BCUT2D eigenvalue weighted by Crippen LogP contribution is -2.18. The molecule has 0 saturated heterocycles. The molecule has 0 amide bonds. The summed E-state index contributed by atoms with van der Waals surface area (Å²) in [7, 11) is 5.98. The molecule has 0 aliphatic rings. The second-order valence-electron chi connectivity index (χ2n) is 4.59. The Morgan fingerprint density at radius 1 is 1.44 bits per heavy atom. The summed E-state index contributed by atoms with van der Waals surface area (Å²) < 4.78 is 6.97. The van der Waals surface area contributed by atoms with Crippen molar-refractivity contribution in [3.05, 3.63) is 35.4 Å².